The molecule has 0 fully saturated rings. The standard InChI is InChI=1S/2C12H11O.2C3H8O.C3H6.Hf/c2*1-13-12-8-6-11(7-9-12)10-4-2-3-5-10;2*1-3(2)4;1-3-2;/h2*4-9H,2H2,1H3;2*3-4H,1-2H3;1-2H3;/q2*-1;;;;+2. The van der Waals surface area contributed by atoms with Crippen LogP contribution < -0.4 is 9.47 Å². The summed E-state index contributed by atoms with van der Waals surface area (Å²) < 4.78 is 11.7. The van der Waals surface area contributed by atoms with Gasteiger partial charge in [0.2, 0.25) is 0 Å². The van der Waals surface area contributed by atoms with Crippen molar-refractivity contribution < 1.29 is 43.6 Å². The summed E-state index contributed by atoms with van der Waals surface area (Å²) in [5.41, 5.74) is 4.96. The molecule has 2 aromatic carbocycles. The number of methoxy groups -OCH3 is 2. The molecule has 0 saturated heterocycles. The molecular formula is C33H44HfO4. The van der Waals surface area contributed by atoms with Gasteiger partial charge in [-0.05, 0) is 52.0 Å². The fourth-order valence-corrected chi connectivity index (χ4v) is 2.76. The van der Waals surface area contributed by atoms with Crippen LogP contribution >= 0.6 is 0 Å². The van der Waals surface area contributed by atoms with Gasteiger partial charge in [0.15, 0.2) is 0 Å². The predicted octanol–water partition coefficient (Wildman–Crippen LogP) is 7.20. The second kappa shape index (κ2) is 21.6. The summed E-state index contributed by atoms with van der Waals surface area (Å²) in [7, 11) is 3.36. The van der Waals surface area contributed by atoms with Gasteiger partial charge in [0, 0.05) is 12.2 Å². The summed E-state index contributed by atoms with van der Waals surface area (Å²) in [5, 5.41) is 16.1. The van der Waals surface area contributed by atoms with Crippen molar-refractivity contribution >= 4 is 14.4 Å². The molecule has 2 aromatic rings. The van der Waals surface area contributed by atoms with Crippen LogP contribution in [0.5, 0.6) is 11.5 Å². The van der Waals surface area contributed by atoms with E-state index in [-0.39, 0.29) is 12.2 Å². The van der Waals surface area contributed by atoms with Gasteiger partial charge in [-0.3, -0.25) is 12.2 Å². The van der Waals surface area contributed by atoms with E-state index in [9.17, 15) is 0 Å². The van der Waals surface area contributed by atoms with Gasteiger partial charge in [-0.15, -0.1) is 24.0 Å². The van der Waals surface area contributed by atoms with Crippen LogP contribution in [0.15, 0.2) is 72.8 Å². The van der Waals surface area contributed by atoms with Gasteiger partial charge in [0.25, 0.3) is 0 Å². The Hall–Kier alpha value is -2.34. The number of allylic oxidation sites excluding steroid dienone is 8. The average Bonchev–Trinajstić information content (AvgIpc) is 3.59. The number of hydrogen-bond acceptors (Lipinski definition) is 4. The summed E-state index contributed by atoms with van der Waals surface area (Å²) in [4.78, 5) is 0. The van der Waals surface area contributed by atoms with Gasteiger partial charge in [0.1, 0.15) is 11.5 Å². The molecule has 0 aromatic heterocycles. The Morgan fingerprint density at radius 3 is 1.13 bits per heavy atom. The van der Waals surface area contributed by atoms with E-state index in [1.54, 1.807) is 45.2 Å². The van der Waals surface area contributed by atoms with Crippen LogP contribution in [0.3, 0.4) is 0 Å². The molecule has 204 valence electrons. The van der Waals surface area contributed by atoms with Crippen molar-refractivity contribution in [3.63, 3.8) is 0 Å². The second-order valence-corrected chi connectivity index (χ2v) is 12.7. The van der Waals surface area contributed by atoms with Gasteiger partial charge < -0.3 is 19.7 Å². The van der Waals surface area contributed by atoms with E-state index in [1.165, 1.54) is 46.2 Å². The number of aliphatic hydroxyl groups is 2. The van der Waals surface area contributed by atoms with E-state index >= 15 is 0 Å². The third kappa shape index (κ3) is 18.8. The maximum absolute atomic E-state index is 8.06. The van der Waals surface area contributed by atoms with Crippen molar-refractivity contribution in [2.24, 2.45) is 0 Å². The Balaban J connectivity index is 0.000000512. The average molecular weight is 683 g/mol. The quantitative estimate of drug-likeness (QED) is 0.265. The first-order chi connectivity index (χ1) is 18.0. The molecule has 4 nitrogen and oxygen atoms in total. The number of rotatable bonds is 4. The maximum atomic E-state index is 8.06. The van der Waals surface area contributed by atoms with E-state index in [0.717, 1.165) is 24.3 Å². The van der Waals surface area contributed by atoms with Crippen molar-refractivity contribution in [3.8, 4) is 11.5 Å². The Morgan fingerprint density at radius 1 is 0.684 bits per heavy atom. The van der Waals surface area contributed by atoms with Gasteiger partial charge >= 0.3 is 41.0 Å². The Labute approximate surface area is 245 Å². The van der Waals surface area contributed by atoms with E-state index < -0.39 is 0 Å². The van der Waals surface area contributed by atoms with Crippen molar-refractivity contribution in [2.45, 2.75) is 66.6 Å². The minimum atomic E-state index is -0.167. The molecule has 0 spiro atoms. The van der Waals surface area contributed by atoms with Crippen LogP contribution in [0.1, 0.15) is 65.5 Å². The monoisotopic (exact) mass is 684 g/mol. The van der Waals surface area contributed by atoms with Gasteiger partial charge in [-0.25, -0.2) is 12.2 Å². The zero-order valence-electron chi connectivity index (χ0n) is 24.2. The molecule has 5 heteroatoms. The van der Waals surface area contributed by atoms with Gasteiger partial charge in [-0.2, -0.15) is 23.3 Å². The van der Waals surface area contributed by atoms with E-state index in [4.69, 9.17) is 19.7 Å². The molecule has 0 bridgehead atoms. The molecule has 0 atom stereocenters. The van der Waals surface area contributed by atoms with E-state index in [2.05, 4.69) is 62.4 Å². The van der Waals surface area contributed by atoms with Crippen LogP contribution in [0.4, 0.5) is 0 Å². The molecule has 38 heavy (non-hydrogen) atoms. The first-order valence-corrected chi connectivity index (χ1v) is 14.5. The molecule has 2 N–H and O–H groups in total. The fraction of sp³-hybridized carbons (Fsp3) is 0.364. The van der Waals surface area contributed by atoms with Crippen LogP contribution in [-0.4, -0.2) is 39.9 Å². The molecule has 0 aliphatic heterocycles. The summed E-state index contributed by atoms with van der Waals surface area (Å²) in [5.74, 6) is 1.80. The van der Waals surface area contributed by atoms with E-state index in [0.29, 0.717) is 0 Å². The number of aliphatic hydroxyl groups excluding tert-OH is 2. The van der Waals surface area contributed by atoms with E-state index in [1.807, 2.05) is 36.4 Å². The molecular weight excluding hydrogens is 639 g/mol. The van der Waals surface area contributed by atoms with Crippen molar-refractivity contribution in [2.75, 3.05) is 14.2 Å². The molecule has 0 unspecified atom stereocenters. The van der Waals surface area contributed by atoms with Crippen molar-refractivity contribution in [1.82, 2.24) is 0 Å². The summed E-state index contributed by atoms with van der Waals surface area (Å²) in [6.07, 6.45) is 16.2. The second-order valence-electron chi connectivity index (χ2n) is 9.07. The predicted molar refractivity (Wildman–Crippen MR) is 158 cm³/mol. The zero-order chi connectivity index (χ0) is 28.9. The molecule has 0 saturated carbocycles. The Kier molecular flexibility index (Phi) is 20.2. The molecule has 2 aliphatic carbocycles. The van der Waals surface area contributed by atoms with Crippen LogP contribution in [0.25, 0.3) is 11.1 Å². The third-order valence-electron chi connectivity index (χ3n) is 4.24. The van der Waals surface area contributed by atoms with Crippen molar-refractivity contribution in [3.05, 3.63) is 96.1 Å². The summed E-state index contributed by atoms with van der Waals surface area (Å²) in [6.45, 7) is 11.2. The van der Waals surface area contributed by atoms with Crippen LogP contribution in [0.2, 0.25) is 0 Å². The Bertz CT molecular complexity index is 939. The summed E-state index contributed by atoms with van der Waals surface area (Å²) >= 11 is 1.27. The Morgan fingerprint density at radius 2 is 0.947 bits per heavy atom. The van der Waals surface area contributed by atoms with Crippen LogP contribution in [0, 0.1) is 12.2 Å². The number of hydrogen-bond donors (Lipinski definition) is 2. The topological polar surface area (TPSA) is 58.9 Å². The molecule has 0 amide bonds. The third-order valence-corrected chi connectivity index (χ3v) is 4.24. The first kappa shape index (κ1) is 35.7. The van der Waals surface area contributed by atoms with Gasteiger partial charge in [-0.1, -0.05) is 24.3 Å². The first-order valence-electron chi connectivity index (χ1n) is 12.7. The minimum absolute atomic E-state index is 0.167. The van der Waals surface area contributed by atoms with Gasteiger partial charge in [0.05, 0.1) is 14.2 Å². The molecule has 4 rings (SSSR count). The van der Waals surface area contributed by atoms with Crippen molar-refractivity contribution in [1.29, 1.82) is 0 Å². The van der Waals surface area contributed by atoms with Crippen LogP contribution in [-0.2, 0) is 23.9 Å². The number of benzene rings is 2. The zero-order valence-corrected chi connectivity index (χ0v) is 27.8. The number of ether oxygens (including phenoxy) is 2. The molecule has 0 radical (unpaired) electrons. The SMILES string of the molecule is CC(C)O.CC(C)O.COc1ccc(C2=CC[C-]=C2)cc1.COc1ccc(C2=CC[C-]=C2)cc1.C[C](C)=[Hf+2]. The molecule has 2 aliphatic rings. The fourth-order valence-electron chi connectivity index (χ4n) is 2.76. The normalized spacial score (nSPS) is 12.5. The molecule has 0 heterocycles. The summed E-state index contributed by atoms with van der Waals surface area (Å²) in [6, 6.07) is 16.2.